The molecule has 4 nitrogen and oxygen atoms in total. The first kappa shape index (κ1) is 14.9. The quantitative estimate of drug-likeness (QED) is 0.819. The van der Waals surface area contributed by atoms with Crippen molar-refractivity contribution in [2.75, 3.05) is 0 Å². The molecule has 1 amide bonds. The van der Waals surface area contributed by atoms with Crippen LogP contribution in [0.15, 0.2) is 0 Å². The van der Waals surface area contributed by atoms with Gasteiger partial charge in [-0.25, -0.2) is 0 Å². The van der Waals surface area contributed by atoms with Crippen LogP contribution < -0.4 is 5.32 Å². The summed E-state index contributed by atoms with van der Waals surface area (Å²) in [4.78, 5) is 23.3. The maximum absolute atomic E-state index is 12.4. The summed E-state index contributed by atoms with van der Waals surface area (Å²) < 4.78 is 0. The molecule has 4 aliphatic rings. The first-order valence-corrected chi connectivity index (χ1v) is 8.28. The van der Waals surface area contributed by atoms with E-state index in [0.717, 1.165) is 37.0 Å². The lowest BCUT2D eigenvalue weighted by atomic mass is 9.53. The Hall–Kier alpha value is -1.06. The van der Waals surface area contributed by atoms with Crippen LogP contribution in [0.3, 0.4) is 0 Å². The van der Waals surface area contributed by atoms with Crippen LogP contribution in [-0.2, 0) is 9.59 Å². The van der Waals surface area contributed by atoms with E-state index >= 15 is 0 Å². The number of rotatable bonds is 5. The van der Waals surface area contributed by atoms with Gasteiger partial charge in [0.25, 0.3) is 0 Å². The lowest BCUT2D eigenvalue weighted by molar-refractivity contribution is -0.140. The highest BCUT2D eigenvalue weighted by molar-refractivity contribution is 5.78. The molecule has 4 aliphatic carbocycles. The van der Waals surface area contributed by atoms with Gasteiger partial charge in [-0.3, -0.25) is 9.59 Å². The van der Waals surface area contributed by atoms with Gasteiger partial charge in [0.15, 0.2) is 0 Å². The fraction of sp³-hybridized carbons (Fsp3) is 0.882. The Kier molecular flexibility index (Phi) is 3.53. The van der Waals surface area contributed by atoms with Gasteiger partial charge in [-0.15, -0.1) is 0 Å². The first-order chi connectivity index (χ1) is 9.75. The molecule has 4 fully saturated rings. The fourth-order valence-electron chi connectivity index (χ4n) is 5.51. The first-order valence-electron chi connectivity index (χ1n) is 8.28. The van der Waals surface area contributed by atoms with Crippen LogP contribution in [0.5, 0.6) is 0 Å². The van der Waals surface area contributed by atoms with Gasteiger partial charge < -0.3 is 10.4 Å². The van der Waals surface area contributed by atoms with Crippen molar-refractivity contribution in [2.24, 2.45) is 23.2 Å². The van der Waals surface area contributed by atoms with Gasteiger partial charge in [0.05, 0.1) is 6.42 Å². The molecule has 21 heavy (non-hydrogen) atoms. The summed E-state index contributed by atoms with van der Waals surface area (Å²) in [7, 11) is 0. The van der Waals surface area contributed by atoms with Crippen molar-refractivity contribution in [1.29, 1.82) is 0 Å². The van der Waals surface area contributed by atoms with Crippen molar-refractivity contribution in [3.8, 4) is 0 Å². The molecule has 0 aliphatic heterocycles. The number of carboxylic acid groups (broad SMARTS) is 1. The van der Waals surface area contributed by atoms with Crippen molar-refractivity contribution in [1.82, 2.24) is 5.32 Å². The number of hydrogen-bond donors (Lipinski definition) is 2. The maximum atomic E-state index is 12.4. The highest BCUT2D eigenvalue weighted by atomic mass is 16.4. The van der Waals surface area contributed by atoms with Gasteiger partial charge in [-0.2, -0.15) is 0 Å². The monoisotopic (exact) mass is 293 g/mol. The fourth-order valence-corrected chi connectivity index (χ4v) is 5.51. The second kappa shape index (κ2) is 4.99. The Morgan fingerprint density at radius 2 is 1.52 bits per heavy atom. The summed E-state index contributed by atoms with van der Waals surface area (Å²) in [6.07, 6.45) is 7.86. The summed E-state index contributed by atoms with van der Waals surface area (Å²) >= 11 is 0. The molecule has 0 radical (unpaired) electrons. The minimum atomic E-state index is -0.831. The van der Waals surface area contributed by atoms with E-state index in [0.29, 0.717) is 6.42 Å². The molecular formula is C17H27NO3. The summed E-state index contributed by atoms with van der Waals surface area (Å²) in [5, 5.41) is 12.3. The lowest BCUT2D eigenvalue weighted by Gasteiger charge is -2.57. The maximum Gasteiger partial charge on any atom is 0.303 e. The van der Waals surface area contributed by atoms with Crippen molar-refractivity contribution in [3.63, 3.8) is 0 Å². The normalized spacial score (nSPS) is 37.5. The number of nitrogens with one attached hydrogen (secondary N) is 1. The van der Waals surface area contributed by atoms with Crippen LogP contribution >= 0.6 is 0 Å². The van der Waals surface area contributed by atoms with E-state index in [2.05, 4.69) is 5.32 Å². The van der Waals surface area contributed by atoms with E-state index in [1.165, 1.54) is 19.3 Å². The Balaban J connectivity index is 1.61. The number of hydrogen-bond acceptors (Lipinski definition) is 2. The highest BCUT2D eigenvalue weighted by Crippen LogP contribution is 2.55. The molecule has 4 rings (SSSR count). The number of carbonyl (C=O) groups excluding carboxylic acids is 1. The van der Waals surface area contributed by atoms with Crippen molar-refractivity contribution >= 4 is 11.9 Å². The minimum absolute atomic E-state index is 0.0329. The highest BCUT2D eigenvalue weighted by Gasteiger charge is 2.51. The molecule has 2 N–H and O–H groups in total. The second-order valence-corrected chi connectivity index (χ2v) is 8.66. The average molecular weight is 293 g/mol. The van der Waals surface area contributed by atoms with E-state index in [4.69, 9.17) is 5.11 Å². The molecular weight excluding hydrogens is 266 g/mol. The van der Waals surface area contributed by atoms with Gasteiger partial charge in [0.2, 0.25) is 5.91 Å². The van der Waals surface area contributed by atoms with E-state index in [-0.39, 0.29) is 17.9 Å². The molecule has 0 aromatic heterocycles. The van der Waals surface area contributed by atoms with Gasteiger partial charge in [0.1, 0.15) is 0 Å². The lowest BCUT2D eigenvalue weighted by Crippen LogP contribution is -2.60. The second-order valence-electron chi connectivity index (χ2n) is 8.66. The van der Waals surface area contributed by atoms with Crippen molar-refractivity contribution in [3.05, 3.63) is 0 Å². The zero-order valence-electron chi connectivity index (χ0n) is 13.2. The Labute approximate surface area is 126 Å². The predicted octanol–water partition coefficient (Wildman–Crippen LogP) is 2.96. The Morgan fingerprint density at radius 3 is 1.95 bits per heavy atom. The summed E-state index contributed by atoms with van der Waals surface area (Å²) in [5.74, 6) is 1.64. The van der Waals surface area contributed by atoms with Gasteiger partial charge in [-0.05, 0) is 61.7 Å². The van der Waals surface area contributed by atoms with E-state index < -0.39 is 11.4 Å². The molecule has 4 heteroatoms. The largest absolute Gasteiger partial charge is 0.481 e. The van der Waals surface area contributed by atoms with Gasteiger partial charge >= 0.3 is 5.97 Å². The molecule has 0 aromatic carbocycles. The topological polar surface area (TPSA) is 66.4 Å². The number of amides is 1. The average Bonchev–Trinajstić information content (AvgIpc) is 2.21. The summed E-state index contributed by atoms with van der Waals surface area (Å²) in [5.41, 5.74) is -0.441. The van der Waals surface area contributed by atoms with Crippen LogP contribution in [0.1, 0.15) is 65.2 Å². The van der Waals surface area contributed by atoms with Crippen molar-refractivity contribution < 1.29 is 14.7 Å². The summed E-state index contributed by atoms with van der Waals surface area (Å²) in [6, 6.07) is 0. The standard InChI is InChI=1S/C17H27NO3/c1-16(2,10-15(20)21)9-14(19)18-17-6-11-3-12(7-17)5-13(4-11)8-17/h11-13H,3-10H2,1-2H3,(H,18,19)(H,20,21). The number of carboxylic acids is 1. The third kappa shape index (κ3) is 3.24. The van der Waals surface area contributed by atoms with E-state index in [1.54, 1.807) is 0 Å². The smallest absolute Gasteiger partial charge is 0.303 e. The molecule has 0 unspecified atom stereocenters. The molecule has 0 atom stereocenters. The van der Waals surface area contributed by atoms with Crippen LogP contribution in [0.4, 0.5) is 0 Å². The predicted molar refractivity (Wildman–Crippen MR) is 79.7 cm³/mol. The third-order valence-corrected chi connectivity index (χ3v) is 5.71. The molecule has 0 aromatic rings. The molecule has 0 heterocycles. The zero-order chi connectivity index (χ0) is 15.3. The van der Waals surface area contributed by atoms with Crippen LogP contribution in [0, 0.1) is 23.2 Å². The number of carbonyl (C=O) groups is 2. The SMILES string of the molecule is CC(C)(CC(=O)O)CC(=O)NC12CC3CC(CC(C3)C1)C2. The van der Waals surface area contributed by atoms with Crippen LogP contribution in [0.2, 0.25) is 0 Å². The van der Waals surface area contributed by atoms with Gasteiger partial charge in [-0.1, -0.05) is 13.8 Å². The third-order valence-electron chi connectivity index (χ3n) is 5.71. The Morgan fingerprint density at radius 1 is 1.05 bits per heavy atom. The Bertz CT molecular complexity index is 420. The van der Waals surface area contributed by atoms with E-state index in [9.17, 15) is 9.59 Å². The molecule has 4 saturated carbocycles. The number of aliphatic carboxylic acids is 1. The summed E-state index contributed by atoms with van der Waals surface area (Å²) in [6.45, 7) is 3.72. The molecule has 0 saturated heterocycles. The van der Waals surface area contributed by atoms with Gasteiger partial charge in [0, 0.05) is 12.0 Å². The van der Waals surface area contributed by atoms with Crippen LogP contribution in [-0.4, -0.2) is 22.5 Å². The molecule has 0 spiro atoms. The van der Waals surface area contributed by atoms with Crippen molar-refractivity contribution in [2.45, 2.75) is 70.8 Å². The van der Waals surface area contributed by atoms with Crippen LogP contribution in [0.25, 0.3) is 0 Å². The molecule has 118 valence electrons. The van der Waals surface area contributed by atoms with E-state index in [1.807, 2.05) is 13.8 Å². The minimum Gasteiger partial charge on any atom is -0.481 e. The zero-order valence-corrected chi connectivity index (χ0v) is 13.2. The molecule has 4 bridgehead atoms.